The van der Waals surface area contributed by atoms with Crippen molar-refractivity contribution in [2.75, 3.05) is 6.61 Å². The van der Waals surface area contributed by atoms with E-state index in [4.69, 9.17) is 9.84 Å². The molecule has 2 N–H and O–H groups in total. The predicted octanol–water partition coefficient (Wildman–Crippen LogP) is -0.319. The van der Waals surface area contributed by atoms with E-state index in [2.05, 4.69) is 0 Å². The maximum atomic E-state index is 11.1. The van der Waals surface area contributed by atoms with Crippen molar-refractivity contribution in [1.82, 2.24) is 0 Å². The van der Waals surface area contributed by atoms with Gasteiger partial charge < -0.3 is 14.9 Å². The Kier molecular flexibility index (Phi) is 2.39. The van der Waals surface area contributed by atoms with Gasteiger partial charge in [0.1, 0.15) is 6.10 Å². The second-order valence-corrected chi connectivity index (χ2v) is 3.68. The lowest BCUT2D eigenvalue weighted by molar-refractivity contribution is -0.150. The minimum absolute atomic E-state index is 0.168. The summed E-state index contributed by atoms with van der Waals surface area (Å²) in [6.07, 6.45) is -0.0346. The summed E-state index contributed by atoms with van der Waals surface area (Å²) >= 11 is 0. The molecule has 0 aliphatic carbocycles. The van der Waals surface area contributed by atoms with Crippen LogP contribution in [-0.2, 0) is 9.53 Å². The maximum Gasteiger partial charge on any atom is 0.312 e. The summed E-state index contributed by atoms with van der Waals surface area (Å²) in [5, 5.41) is 18.2. The molecule has 2 atom stereocenters. The van der Waals surface area contributed by atoms with Gasteiger partial charge in [0.2, 0.25) is 0 Å². The van der Waals surface area contributed by atoms with Gasteiger partial charge >= 0.3 is 5.97 Å². The van der Waals surface area contributed by atoms with E-state index in [0.29, 0.717) is 6.42 Å². The molecule has 1 aliphatic heterocycles. The van der Waals surface area contributed by atoms with Crippen LogP contribution in [0.2, 0.25) is 0 Å². The lowest BCUT2D eigenvalue weighted by Gasteiger charge is -2.21. The van der Waals surface area contributed by atoms with Gasteiger partial charge in [-0.25, -0.2) is 0 Å². The minimum atomic E-state index is -1.05. The fraction of sp³-hybridized carbons (Fsp3) is 0.875. The first-order valence-corrected chi connectivity index (χ1v) is 3.99. The summed E-state index contributed by atoms with van der Waals surface area (Å²) in [6, 6.07) is 0. The molecule has 4 nitrogen and oxygen atoms in total. The van der Waals surface area contributed by atoms with E-state index in [1.54, 1.807) is 13.8 Å². The number of aliphatic hydroxyl groups excluding tert-OH is 1. The van der Waals surface area contributed by atoms with E-state index in [0.717, 1.165) is 0 Å². The van der Waals surface area contributed by atoms with Gasteiger partial charge in [0.15, 0.2) is 0 Å². The first-order chi connectivity index (χ1) is 5.45. The van der Waals surface area contributed by atoms with Crippen molar-refractivity contribution in [1.29, 1.82) is 0 Å². The summed E-state index contributed by atoms with van der Waals surface area (Å²) in [5.41, 5.74) is -1.05. The highest BCUT2D eigenvalue weighted by Gasteiger charge is 2.42. The van der Waals surface area contributed by atoms with Crippen LogP contribution >= 0.6 is 0 Å². The van der Waals surface area contributed by atoms with Crippen LogP contribution in [0.1, 0.15) is 20.3 Å². The van der Waals surface area contributed by atoms with Crippen molar-refractivity contribution < 1.29 is 19.7 Å². The van der Waals surface area contributed by atoms with Crippen molar-refractivity contribution in [3.63, 3.8) is 0 Å². The Morgan fingerprint density at radius 1 is 1.67 bits per heavy atom. The van der Waals surface area contributed by atoms with Gasteiger partial charge in [-0.15, -0.1) is 0 Å². The van der Waals surface area contributed by atoms with Crippen molar-refractivity contribution in [2.45, 2.75) is 32.0 Å². The molecule has 0 bridgehead atoms. The molecule has 2 unspecified atom stereocenters. The normalized spacial score (nSPS) is 30.5. The van der Waals surface area contributed by atoms with Crippen molar-refractivity contribution in [2.24, 2.45) is 5.92 Å². The van der Waals surface area contributed by atoms with E-state index in [-0.39, 0.29) is 6.61 Å². The molecule has 1 aliphatic rings. The van der Waals surface area contributed by atoms with E-state index >= 15 is 0 Å². The fourth-order valence-corrected chi connectivity index (χ4v) is 1.34. The Balaban J connectivity index is 2.64. The average molecular weight is 174 g/mol. The molecule has 1 heterocycles. The molecule has 0 aromatic carbocycles. The zero-order valence-corrected chi connectivity index (χ0v) is 7.28. The Bertz CT molecular complexity index is 182. The van der Waals surface area contributed by atoms with E-state index in [9.17, 15) is 9.90 Å². The standard InChI is InChI=1S/C8H14O4/c1-8(2,11)6-3-5(4-9)12-7(6)10/h5-6,9,11H,3-4H2,1-2H3. The van der Waals surface area contributed by atoms with Gasteiger partial charge in [-0.3, -0.25) is 4.79 Å². The lowest BCUT2D eigenvalue weighted by Crippen LogP contribution is -2.33. The molecular weight excluding hydrogens is 160 g/mol. The molecule has 0 saturated carbocycles. The number of rotatable bonds is 2. The number of hydrogen-bond acceptors (Lipinski definition) is 4. The Hall–Kier alpha value is -0.610. The van der Waals surface area contributed by atoms with E-state index in [1.165, 1.54) is 0 Å². The van der Waals surface area contributed by atoms with Gasteiger partial charge in [-0.05, 0) is 13.8 Å². The monoisotopic (exact) mass is 174 g/mol. The minimum Gasteiger partial charge on any atom is -0.460 e. The van der Waals surface area contributed by atoms with Crippen LogP contribution in [0.5, 0.6) is 0 Å². The molecule has 1 saturated heterocycles. The first kappa shape index (κ1) is 9.48. The van der Waals surface area contributed by atoms with Gasteiger partial charge in [-0.1, -0.05) is 0 Å². The fourth-order valence-electron chi connectivity index (χ4n) is 1.34. The number of aliphatic hydroxyl groups is 2. The zero-order valence-electron chi connectivity index (χ0n) is 7.28. The van der Waals surface area contributed by atoms with Crippen molar-refractivity contribution in [3.05, 3.63) is 0 Å². The molecule has 70 valence electrons. The van der Waals surface area contributed by atoms with Gasteiger partial charge in [0, 0.05) is 6.42 Å². The maximum absolute atomic E-state index is 11.1. The second-order valence-electron chi connectivity index (χ2n) is 3.68. The van der Waals surface area contributed by atoms with Crippen LogP contribution in [0, 0.1) is 5.92 Å². The van der Waals surface area contributed by atoms with E-state index < -0.39 is 23.6 Å². The Morgan fingerprint density at radius 3 is 2.50 bits per heavy atom. The lowest BCUT2D eigenvalue weighted by atomic mass is 9.88. The summed E-state index contributed by atoms with van der Waals surface area (Å²) in [7, 11) is 0. The highest BCUT2D eigenvalue weighted by atomic mass is 16.6. The van der Waals surface area contributed by atoms with Crippen LogP contribution in [0.25, 0.3) is 0 Å². The highest BCUT2D eigenvalue weighted by molar-refractivity contribution is 5.75. The largest absolute Gasteiger partial charge is 0.460 e. The third-order valence-electron chi connectivity index (χ3n) is 2.12. The molecule has 0 radical (unpaired) electrons. The summed E-state index contributed by atoms with van der Waals surface area (Å²) in [5.74, 6) is -0.920. The number of ether oxygens (including phenoxy) is 1. The molecule has 1 fully saturated rings. The number of carbonyl (C=O) groups excluding carboxylic acids is 1. The SMILES string of the molecule is CC(C)(O)C1CC(CO)OC1=O. The molecule has 0 amide bonds. The van der Waals surface area contributed by atoms with Crippen LogP contribution in [0.3, 0.4) is 0 Å². The first-order valence-electron chi connectivity index (χ1n) is 3.99. The topological polar surface area (TPSA) is 66.8 Å². The Labute approximate surface area is 71.2 Å². The average Bonchev–Trinajstić information content (AvgIpc) is 2.29. The molecule has 4 heteroatoms. The quantitative estimate of drug-likeness (QED) is 0.563. The molecule has 0 aromatic rings. The molecule has 0 spiro atoms. The number of cyclic esters (lactones) is 1. The van der Waals surface area contributed by atoms with Crippen LogP contribution in [-0.4, -0.2) is 34.5 Å². The number of esters is 1. The number of carbonyl (C=O) groups is 1. The molecule has 0 aromatic heterocycles. The van der Waals surface area contributed by atoms with Crippen LogP contribution in [0.15, 0.2) is 0 Å². The van der Waals surface area contributed by atoms with Crippen LogP contribution in [0.4, 0.5) is 0 Å². The number of hydrogen-bond donors (Lipinski definition) is 2. The highest BCUT2D eigenvalue weighted by Crippen LogP contribution is 2.29. The van der Waals surface area contributed by atoms with Gasteiger partial charge in [0.25, 0.3) is 0 Å². The van der Waals surface area contributed by atoms with Gasteiger partial charge in [-0.2, -0.15) is 0 Å². The van der Waals surface area contributed by atoms with Crippen LogP contribution < -0.4 is 0 Å². The van der Waals surface area contributed by atoms with Crippen molar-refractivity contribution >= 4 is 5.97 Å². The predicted molar refractivity (Wildman–Crippen MR) is 41.4 cm³/mol. The molecule has 12 heavy (non-hydrogen) atoms. The molecule has 1 rings (SSSR count). The summed E-state index contributed by atoms with van der Waals surface area (Å²) in [4.78, 5) is 11.1. The molecular formula is C8H14O4. The smallest absolute Gasteiger partial charge is 0.312 e. The van der Waals surface area contributed by atoms with E-state index in [1.807, 2.05) is 0 Å². The summed E-state index contributed by atoms with van der Waals surface area (Å²) < 4.78 is 4.80. The van der Waals surface area contributed by atoms with Gasteiger partial charge in [0.05, 0.1) is 18.1 Å². The second kappa shape index (κ2) is 3.03. The summed E-state index contributed by atoms with van der Waals surface area (Å²) in [6.45, 7) is 2.97. The Morgan fingerprint density at radius 2 is 2.25 bits per heavy atom. The van der Waals surface area contributed by atoms with Crippen molar-refractivity contribution in [3.8, 4) is 0 Å². The third-order valence-corrected chi connectivity index (χ3v) is 2.12. The zero-order chi connectivity index (χ0) is 9.35. The third kappa shape index (κ3) is 1.76.